The first-order valence-electron chi connectivity index (χ1n) is 5.55. The molecule has 0 aliphatic carbocycles. The SMILES string of the molecule is COc1ccc(Cl)c(Cl)c1C1CCC(C(=O)O)N1. The number of carboxylic acids is 1. The summed E-state index contributed by atoms with van der Waals surface area (Å²) in [6, 6.07) is 2.71. The highest BCUT2D eigenvalue weighted by atomic mass is 35.5. The summed E-state index contributed by atoms with van der Waals surface area (Å²) in [5.74, 6) is -0.234. The third-order valence-electron chi connectivity index (χ3n) is 3.11. The molecule has 1 aliphatic heterocycles. The van der Waals surface area contributed by atoms with Crippen LogP contribution in [0.2, 0.25) is 10.0 Å². The van der Waals surface area contributed by atoms with Gasteiger partial charge in [0.2, 0.25) is 0 Å². The fourth-order valence-electron chi connectivity index (χ4n) is 2.22. The molecule has 1 heterocycles. The van der Waals surface area contributed by atoms with E-state index in [0.717, 1.165) is 5.56 Å². The van der Waals surface area contributed by atoms with E-state index in [0.29, 0.717) is 28.6 Å². The van der Waals surface area contributed by atoms with Gasteiger partial charge >= 0.3 is 5.97 Å². The normalized spacial score (nSPS) is 23.1. The summed E-state index contributed by atoms with van der Waals surface area (Å²) in [5.41, 5.74) is 0.732. The van der Waals surface area contributed by atoms with Crippen LogP contribution in [0.1, 0.15) is 24.4 Å². The summed E-state index contributed by atoms with van der Waals surface area (Å²) in [6.45, 7) is 0. The zero-order chi connectivity index (χ0) is 13.3. The average Bonchev–Trinajstić information content (AvgIpc) is 2.81. The van der Waals surface area contributed by atoms with Gasteiger partial charge in [-0.1, -0.05) is 23.2 Å². The van der Waals surface area contributed by atoms with Crippen molar-refractivity contribution in [2.24, 2.45) is 0 Å². The van der Waals surface area contributed by atoms with E-state index in [1.165, 1.54) is 0 Å². The summed E-state index contributed by atoms with van der Waals surface area (Å²) in [4.78, 5) is 10.9. The van der Waals surface area contributed by atoms with Crippen LogP contribution in [0.15, 0.2) is 12.1 Å². The molecule has 2 rings (SSSR count). The van der Waals surface area contributed by atoms with Crippen LogP contribution in [0, 0.1) is 0 Å². The third-order valence-corrected chi connectivity index (χ3v) is 3.92. The molecule has 0 spiro atoms. The Kier molecular flexibility index (Phi) is 4.00. The second-order valence-electron chi connectivity index (χ2n) is 4.16. The highest BCUT2D eigenvalue weighted by Gasteiger charge is 2.32. The van der Waals surface area contributed by atoms with Crippen molar-refractivity contribution in [1.29, 1.82) is 0 Å². The van der Waals surface area contributed by atoms with Crippen molar-refractivity contribution in [1.82, 2.24) is 5.32 Å². The van der Waals surface area contributed by atoms with Gasteiger partial charge in [-0.05, 0) is 25.0 Å². The molecule has 0 aromatic heterocycles. The van der Waals surface area contributed by atoms with Gasteiger partial charge in [-0.15, -0.1) is 0 Å². The molecule has 6 heteroatoms. The molecule has 0 saturated carbocycles. The maximum Gasteiger partial charge on any atom is 0.320 e. The van der Waals surface area contributed by atoms with Crippen LogP contribution in [-0.2, 0) is 4.79 Å². The van der Waals surface area contributed by atoms with Gasteiger partial charge in [0.15, 0.2) is 0 Å². The Bertz CT molecular complexity index is 479. The Balaban J connectivity index is 2.34. The molecule has 1 aromatic carbocycles. The average molecular weight is 290 g/mol. The molecule has 1 saturated heterocycles. The molecular weight excluding hydrogens is 277 g/mol. The lowest BCUT2D eigenvalue weighted by atomic mass is 10.0. The second kappa shape index (κ2) is 5.34. The summed E-state index contributed by atoms with van der Waals surface area (Å²) in [6.07, 6.45) is 1.25. The molecule has 0 amide bonds. The Morgan fingerprint density at radius 1 is 1.44 bits per heavy atom. The van der Waals surface area contributed by atoms with Crippen molar-refractivity contribution in [2.75, 3.05) is 7.11 Å². The van der Waals surface area contributed by atoms with Crippen LogP contribution < -0.4 is 10.1 Å². The zero-order valence-corrected chi connectivity index (χ0v) is 11.3. The van der Waals surface area contributed by atoms with E-state index in [2.05, 4.69) is 5.32 Å². The zero-order valence-electron chi connectivity index (χ0n) is 9.74. The number of hydrogen-bond donors (Lipinski definition) is 2. The highest BCUT2D eigenvalue weighted by molar-refractivity contribution is 6.42. The molecule has 1 fully saturated rings. The van der Waals surface area contributed by atoms with E-state index in [-0.39, 0.29) is 6.04 Å². The van der Waals surface area contributed by atoms with E-state index in [1.54, 1.807) is 19.2 Å². The van der Waals surface area contributed by atoms with Crippen molar-refractivity contribution in [3.8, 4) is 5.75 Å². The molecule has 2 N–H and O–H groups in total. The number of carbonyl (C=O) groups is 1. The highest BCUT2D eigenvalue weighted by Crippen LogP contribution is 2.40. The van der Waals surface area contributed by atoms with E-state index < -0.39 is 12.0 Å². The molecule has 98 valence electrons. The molecule has 1 aliphatic rings. The fourth-order valence-corrected chi connectivity index (χ4v) is 2.67. The number of hydrogen-bond acceptors (Lipinski definition) is 3. The minimum atomic E-state index is -0.852. The quantitative estimate of drug-likeness (QED) is 0.898. The van der Waals surface area contributed by atoms with Gasteiger partial charge < -0.3 is 9.84 Å². The standard InChI is InChI=1S/C12H13Cl2NO3/c1-18-9-5-2-6(13)11(14)10(9)7-3-4-8(15-7)12(16)17/h2,5,7-8,15H,3-4H2,1H3,(H,16,17). The molecular formula is C12H13Cl2NO3. The third kappa shape index (κ3) is 2.41. The van der Waals surface area contributed by atoms with E-state index in [9.17, 15) is 4.79 Å². The predicted molar refractivity (Wildman–Crippen MR) is 69.5 cm³/mol. The van der Waals surface area contributed by atoms with Crippen molar-refractivity contribution >= 4 is 29.2 Å². The van der Waals surface area contributed by atoms with E-state index in [1.807, 2.05) is 0 Å². The van der Waals surface area contributed by atoms with Gasteiger partial charge in [0.1, 0.15) is 11.8 Å². The number of carboxylic acid groups (broad SMARTS) is 1. The number of methoxy groups -OCH3 is 1. The lowest BCUT2D eigenvalue weighted by Gasteiger charge is -2.18. The molecule has 4 nitrogen and oxygen atoms in total. The first-order chi connectivity index (χ1) is 8.54. The molecule has 2 unspecified atom stereocenters. The summed E-state index contributed by atoms with van der Waals surface area (Å²) < 4.78 is 5.26. The van der Waals surface area contributed by atoms with E-state index in [4.69, 9.17) is 33.0 Å². The van der Waals surface area contributed by atoms with Crippen molar-refractivity contribution in [2.45, 2.75) is 24.9 Å². The molecule has 1 aromatic rings. The number of rotatable bonds is 3. The topological polar surface area (TPSA) is 58.6 Å². The number of ether oxygens (including phenoxy) is 1. The van der Waals surface area contributed by atoms with Crippen LogP contribution in [0.4, 0.5) is 0 Å². The van der Waals surface area contributed by atoms with Crippen molar-refractivity contribution < 1.29 is 14.6 Å². The van der Waals surface area contributed by atoms with Gasteiger partial charge in [0, 0.05) is 11.6 Å². The lowest BCUT2D eigenvalue weighted by molar-refractivity contribution is -0.139. The van der Waals surface area contributed by atoms with Gasteiger partial charge in [-0.2, -0.15) is 0 Å². The molecule has 18 heavy (non-hydrogen) atoms. The summed E-state index contributed by atoms with van der Waals surface area (Å²) in [5, 5.41) is 12.9. The Labute approximate surface area is 115 Å². The maximum atomic E-state index is 10.9. The Hall–Kier alpha value is -0.970. The minimum absolute atomic E-state index is 0.146. The first-order valence-corrected chi connectivity index (χ1v) is 6.31. The predicted octanol–water partition coefficient (Wildman–Crippen LogP) is 2.88. The molecule has 0 radical (unpaired) electrons. The summed E-state index contributed by atoms with van der Waals surface area (Å²) in [7, 11) is 1.55. The summed E-state index contributed by atoms with van der Waals surface area (Å²) >= 11 is 12.2. The van der Waals surface area contributed by atoms with Gasteiger partial charge in [-0.25, -0.2) is 0 Å². The number of nitrogens with one attached hydrogen (secondary N) is 1. The molecule has 0 bridgehead atoms. The Morgan fingerprint density at radius 2 is 2.17 bits per heavy atom. The first kappa shape index (κ1) is 13.5. The smallest absolute Gasteiger partial charge is 0.320 e. The van der Waals surface area contributed by atoms with Crippen LogP contribution in [0.5, 0.6) is 5.75 Å². The Morgan fingerprint density at radius 3 is 2.72 bits per heavy atom. The monoisotopic (exact) mass is 289 g/mol. The number of halogens is 2. The number of aliphatic carboxylic acids is 1. The van der Waals surface area contributed by atoms with Crippen LogP contribution in [-0.4, -0.2) is 24.2 Å². The molecule has 2 atom stereocenters. The fraction of sp³-hybridized carbons (Fsp3) is 0.417. The van der Waals surface area contributed by atoms with Crippen molar-refractivity contribution in [3.05, 3.63) is 27.7 Å². The van der Waals surface area contributed by atoms with Gasteiger partial charge in [0.05, 0.1) is 17.2 Å². The van der Waals surface area contributed by atoms with Gasteiger partial charge in [-0.3, -0.25) is 10.1 Å². The van der Waals surface area contributed by atoms with Gasteiger partial charge in [0.25, 0.3) is 0 Å². The van der Waals surface area contributed by atoms with Crippen LogP contribution in [0.3, 0.4) is 0 Å². The van der Waals surface area contributed by atoms with Crippen LogP contribution >= 0.6 is 23.2 Å². The van der Waals surface area contributed by atoms with Crippen molar-refractivity contribution in [3.63, 3.8) is 0 Å². The maximum absolute atomic E-state index is 10.9. The lowest BCUT2D eigenvalue weighted by Crippen LogP contribution is -2.32. The minimum Gasteiger partial charge on any atom is -0.496 e. The van der Waals surface area contributed by atoms with E-state index >= 15 is 0 Å². The second-order valence-corrected chi connectivity index (χ2v) is 4.95. The number of benzene rings is 1. The van der Waals surface area contributed by atoms with Crippen LogP contribution in [0.25, 0.3) is 0 Å². The largest absolute Gasteiger partial charge is 0.496 e.